The van der Waals surface area contributed by atoms with Gasteiger partial charge in [-0.25, -0.2) is 13.2 Å². The number of carbonyl (C=O) groups excluding carboxylic acids is 1. The molecule has 4 rings (SSSR count). The van der Waals surface area contributed by atoms with E-state index in [2.05, 4.69) is 10.6 Å². The van der Waals surface area contributed by atoms with Crippen LogP contribution in [-0.2, 0) is 23.0 Å². The summed E-state index contributed by atoms with van der Waals surface area (Å²) < 4.78 is 33.0. The Balaban J connectivity index is 1.49. The molecule has 7 nitrogen and oxygen atoms in total. The van der Waals surface area contributed by atoms with E-state index in [1.807, 2.05) is 36.4 Å². The van der Waals surface area contributed by atoms with Crippen LogP contribution < -0.4 is 19.7 Å². The zero-order valence-corrected chi connectivity index (χ0v) is 18.6. The second-order valence-electron chi connectivity index (χ2n) is 7.49. The Labute approximate surface area is 188 Å². The van der Waals surface area contributed by atoms with Gasteiger partial charge in [-0.15, -0.1) is 0 Å². The first-order valence-electron chi connectivity index (χ1n) is 10.4. The maximum Gasteiger partial charge on any atom is 0.319 e. The molecule has 0 bridgehead atoms. The number of amides is 2. The molecule has 0 aliphatic carbocycles. The fourth-order valence-electron chi connectivity index (χ4n) is 3.72. The molecule has 1 aliphatic rings. The van der Waals surface area contributed by atoms with Crippen molar-refractivity contribution < 1.29 is 17.9 Å². The predicted molar refractivity (Wildman–Crippen MR) is 125 cm³/mol. The highest BCUT2D eigenvalue weighted by Gasteiger charge is 2.29. The molecule has 0 saturated carbocycles. The van der Waals surface area contributed by atoms with Crippen molar-refractivity contribution in [1.82, 2.24) is 5.32 Å². The van der Waals surface area contributed by atoms with Crippen molar-refractivity contribution in [2.45, 2.75) is 24.3 Å². The molecule has 2 amide bonds. The number of ether oxygens (including phenoxy) is 1. The molecule has 0 spiro atoms. The van der Waals surface area contributed by atoms with Crippen LogP contribution in [0.5, 0.6) is 5.75 Å². The van der Waals surface area contributed by atoms with Crippen molar-refractivity contribution in [3.8, 4) is 5.75 Å². The number of hydrogen-bond donors (Lipinski definition) is 2. The summed E-state index contributed by atoms with van der Waals surface area (Å²) >= 11 is 0. The number of aryl methyl sites for hydroxylation is 1. The molecular weight excluding hydrogens is 426 g/mol. The van der Waals surface area contributed by atoms with E-state index in [4.69, 9.17) is 4.74 Å². The number of nitrogens with one attached hydrogen (secondary N) is 2. The van der Waals surface area contributed by atoms with Gasteiger partial charge in [-0.1, -0.05) is 30.3 Å². The molecule has 0 fully saturated rings. The van der Waals surface area contributed by atoms with Crippen LogP contribution in [0.15, 0.2) is 77.7 Å². The average molecular weight is 452 g/mol. The van der Waals surface area contributed by atoms with E-state index in [1.54, 1.807) is 36.4 Å². The number of carbonyl (C=O) groups is 1. The highest BCUT2D eigenvalue weighted by atomic mass is 32.2. The van der Waals surface area contributed by atoms with Crippen LogP contribution in [0, 0.1) is 0 Å². The minimum atomic E-state index is -3.70. The van der Waals surface area contributed by atoms with Crippen molar-refractivity contribution in [2.24, 2.45) is 0 Å². The highest BCUT2D eigenvalue weighted by molar-refractivity contribution is 7.92. The second kappa shape index (κ2) is 9.32. The lowest BCUT2D eigenvalue weighted by molar-refractivity contribution is 0.251. The summed E-state index contributed by atoms with van der Waals surface area (Å²) in [5, 5.41) is 5.65. The molecule has 0 unspecified atom stereocenters. The van der Waals surface area contributed by atoms with Gasteiger partial charge in [-0.2, -0.15) is 0 Å². The van der Waals surface area contributed by atoms with Gasteiger partial charge < -0.3 is 15.4 Å². The topological polar surface area (TPSA) is 87.7 Å². The van der Waals surface area contributed by atoms with Gasteiger partial charge in [0.15, 0.2) is 0 Å². The first-order chi connectivity index (χ1) is 15.5. The summed E-state index contributed by atoms with van der Waals surface area (Å²) in [4.78, 5) is 12.5. The van der Waals surface area contributed by atoms with Crippen LogP contribution in [0.4, 0.5) is 16.2 Å². The van der Waals surface area contributed by atoms with E-state index < -0.39 is 10.0 Å². The van der Waals surface area contributed by atoms with E-state index in [1.165, 1.54) is 11.4 Å². The first-order valence-corrected chi connectivity index (χ1v) is 11.8. The molecule has 1 aliphatic heterocycles. The number of benzene rings is 3. The summed E-state index contributed by atoms with van der Waals surface area (Å²) in [6, 6.07) is 21.0. The molecular formula is C24H25N3O4S. The van der Waals surface area contributed by atoms with Gasteiger partial charge in [-0.05, 0) is 66.4 Å². The smallest absolute Gasteiger partial charge is 0.319 e. The molecule has 32 heavy (non-hydrogen) atoms. The highest BCUT2D eigenvalue weighted by Crippen LogP contribution is 2.34. The summed E-state index contributed by atoms with van der Waals surface area (Å²) in [7, 11) is -2.16. The Bertz CT molecular complexity index is 1200. The first kappa shape index (κ1) is 21.7. The normalized spacial score (nSPS) is 13.2. The molecule has 2 N–H and O–H groups in total. The van der Waals surface area contributed by atoms with Crippen molar-refractivity contribution in [2.75, 3.05) is 23.3 Å². The number of hydrogen-bond acceptors (Lipinski definition) is 4. The average Bonchev–Trinajstić information content (AvgIpc) is 2.83. The Kier molecular flexibility index (Phi) is 6.32. The molecule has 0 saturated heterocycles. The Morgan fingerprint density at radius 2 is 1.78 bits per heavy atom. The third-order valence-electron chi connectivity index (χ3n) is 5.36. The summed E-state index contributed by atoms with van der Waals surface area (Å²) in [6.07, 6.45) is 1.44. The minimum absolute atomic E-state index is 0.216. The van der Waals surface area contributed by atoms with Crippen molar-refractivity contribution >= 4 is 27.4 Å². The molecule has 3 aromatic carbocycles. The number of methoxy groups -OCH3 is 1. The SMILES string of the molecule is COc1ccc(S(=O)(=O)N2CCCc3cc(NC(=O)NCc4ccccc4)ccc32)cc1. The standard InChI is InChI=1S/C24H25N3O4S/c1-31-21-10-12-22(13-11-21)32(29,30)27-15-5-8-19-16-20(9-14-23(19)27)26-24(28)25-17-18-6-3-2-4-7-18/h2-4,6-7,9-14,16H,5,8,15,17H2,1H3,(H2,25,26,28). The Hall–Kier alpha value is -3.52. The van der Waals surface area contributed by atoms with Crippen molar-refractivity contribution in [1.29, 1.82) is 0 Å². The number of sulfonamides is 1. The van der Waals surface area contributed by atoms with Gasteiger partial charge in [0.1, 0.15) is 5.75 Å². The fourth-order valence-corrected chi connectivity index (χ4v) is 5.26. The summed E-state index contributed by atoms with van der Waals surface area (Å²) in [5.74, 6) is 0.601. The molecule has 8 heteroatoms. The van der Waals surface area contributed by atoms with Gasteiger partial charge in [0.05, 0.1) is 17.7 Å². The van der Waals surface area contributed by atoms with Crippen LogP contribution in [0.1, 0.15) is 17.5 Å². The third-order valence-corrected chi connectivity index (χ3v) is 7.18. The number of anilines is 2. The predicted octanol–water partition coefficient (Wildman–Crippen LogP) is 4.16. The lowest BCUT2D eigenvalue weighted by Gasteiger charge is -2.31. The largest absolute Gasteiger partial charge is 0.497 e. The maximum absolute atomic E-state index is 13.2. The van der Waals surface area contributed by atoms with Gasteiger partial charge in [0.2, 0.25) is 0 Å². The summed E-state index contributed by atoms with van der Waals surface area (Å²) in [6.45, 7) is 0.831. The van der Waals surface area contributed by atoms with Crippen molar-refractivity contribution in [3.05, 3.63) is 83.9 Å². The number of rotatable bonds is 6. The van der Waals surface area contributed by atoms with Gasteiger partial charge in [-0.3, -0.25) is 4.31 Å². The lowest BCUT2D eigenvalue weighted by atomic mass is 10.0. The van der Waals surface area contributed by atoms with Gasteiger partial charge in [0, 0.05) is 18.8 Å². The van der Waals surface area contributed by atoms with Crippen LogP contribution in [0.25, 0.3) is 0 Å². The lowest BCUT2D eigenvalue weighted by Crippen LogP contribution is -2.35. The quantitative estimate of drug-likeness (QED) is 0.589. The molecule has 166 valence electrons. The van der Waals surface area contributed by atoms with Crippen LogP contribution >= 0.6 is 0 Å². The van der Waals surface area contributed by atoms with E-state index in [0.717, 1.165) is 17.5 Å². The summed E-state index contributed by atoms with van der Waals surface area (Å²) in [5.41, 5.74) is 3.15. The second-order valence-corrected chi connectivity index (χ2v) is 9.36. The minimum Gasteiger partial charge on any atom is -0.497 e. The molecule has 3 aromatic rings. The number of fused-ring (bicyclic) bond motifs is 1. The van der Waals surface area contributed by atoms with Crippen molar-refractivity contribution in [3.63, 3.8) is 0 Å². The van der Waals surface area contributed by atoms with E-state index in [0.29, 0.717) is 36.6 Å². The molecule has 1 heterocycles. The number of nitrogens with zero attached hydrogens (tertiary/aromatic N) is 1. The van der Waals surface area contributed by atoms with E-state index >= 15 is 0 Å². The van der Waals surface area contributed by atoms with Crippen LogP contribution in [0.3, 0.4) is 0 Å². The molecule has 0 radical (unpaired) electrons. The zero-order chi connectivity index (χ0) is 22.6. The van der Waals surface area contributed by atoms with E-state index in [9.17, 15) is 13.2 Å². The molecule has 0 atom stereocenters. The maximum atomic E-state index is 13.2. The monoisotopic (exact) mass is 451 g/mol. The fraction of sp³-hybridized carbons (Fsp3) is 0.208. The van der Waals surface area contributed by atoms with Crippen LogP contribution in [-0.4, -0.2) is 28.1 Å². The van der Waals surface area contributed by atoms with Gasteiger partial charge >= 0.3 is 6.03 Å². The Morgan fingerprint density at radius 1 is 1.03 bits per heavy atom. The Morgan fingerprint density at radius 3 is 2.50 bits per heavy atom. The van der Waals surface area contributed by atoms with Crippen LogP contribution in [0.2, 0.25) is 0 Å². The number of urea groups is 1. The van der Waals surface area contributed by atoms with E-state index in [-0.39, 0.29) is 10.9 Å². The zero-order valence-electron chi connectivity index (χ0n) is 17.7. The third kappa shape index (κ3) is 4.70. The molecule has 0 aromatic heterocycles. The van der Waals surface area contributed by atoms with Gasteiger partial charge in [0.25, 0.3) is 10.0 Å².